The Balaban J connectivity index is 2.78. The summed E-state index contributed by atoms with van der Waals surface area (Å²) in [5.74, 6) is 0. The molecule has 0 N–H and O–H groups in total. The second kappa shape index (κ2) is 3.24. The van der Waals surface area contributed by atoms with Gasteiger partial charge in [0.25, 0.3) is 0 Å². The fourth-order valence-electron chi connectivity index (χ4n) is 1.46. The van der Waals surface area contributed by atoms with Crippen molar-refractivity contribution >= 4 is 22.8 Å². The average molecular weight is 210 g/mol. The number of pyridine rings is 1. The number of hydrogen-bond donors (Lipinski definition) is 0. The smallest absolute Gasteiger partial charge is 0.161 e. The van der Waals surface area contributed by atoms with Crippen LogP contribution in [0.3, 0.4) is 0 Å². The molecule has 2 rings (SSSR count). The number of aryl methyl sites for hydroxylation is 1. The number of rotatable bonds is 1. The van der Waals surface area contributed by atoms with Crippen molar-refractivity contribution in [3.63, 3.8) is 0 Å². The van der Waals surface area contributed by atoms with Gasteiger partial charge in [0, 0.05) is 11.7 Å². The lowest BCUT2D eigenvalue weighted by molar-refractivity contribution is 0.612. The molecule has 0 spiro atoms. The van der Waals surface area contributed by atoms with E-state index in [1.165, 1.54) is 0 Å². The van der Waals surface area contributed by atoms with Crippen LogP contribution in [0.15, 0.2) is 12.4 Å². The summed E-state index contributed by atoms with van der Waals surface area (Å²) in [6, 6.07) is 2.19. The molecule has 0 fully saturated rings. The van der Waals surface area contributed by atoms with E-state index in [9.17, 15) is 0 Å². The van der Waals surface area contributed by atoms with Crippen LogP contribution in [0.2, 0.25) is 5.02 Å². The normalized spacial score (nSPS) is 11.5. The molecule has 0 saturated carbocycles. The lowest BCUT2D eigenvalue weighted by Gasteiger charge is -2.07. The fraction of sp³-hybridized carbons (Fsp3) is 0.400. The van der Waals surface area contributed by atoms with E-state index >= 15 is 0 Å². The second-order valence-electron chi connectivity index (χ2n) is 3.66. The molecule has 14 heavy (non-hydrogen) atoms. The SMILES string of the molecule is Cc1cc(Cl)c2ncn(C(C)C)c2n1. The predicted octanol–water partition coefficient (Wildman–Crippen LogP) is 2.97. The highest BCUT2D eigenvalue weighted by Crippen LogP contribution is 2.23. The molecule has 0 radical (unpaired) electrons. The number of aromatic nitrogens is 3. The molecule has 2 aromatic heterocycles. The number of imidazole rings is 1. The van der Waals surface area contributed by atoms with E-state index in [1.54, 1.807) is 6.33 Å². The Hall–Kier alpha value is -1.09. The maximum Gasteiger partial charge on any atom is 0.161 e. The van der Waals surface area contributed by atoms with Gasteiger partial charge in [-0.3, -0.25) is 0 Å². The molecule has 2 heterocycles. The maximum atomic E-state index is 6.06. The minimum Gasteiger partial charge on any atom is -0.313 e. The summed E-state index contributed by atoms with van der Waals surface area (Å²) >= 11 is 6.06. The van der Waals surface area contributed by atoms with Crippen molar-refractivity contribution in [2.45, 2.75) is 26.8 Å². The van der Waals surface area contributed by atoms with Gasteiger partial charge < -0.3 is 4.57 Å². The van der Waals surface area contributed by atoms with Gasteiger partial charge in [0.2, 0.25) is 0 Å². The van der Waals surface area contributed by atoms with Crippen molar-refractivity contribution in [1.29, 1.82) is 0 Å². The van der Waals surface area contributed by atoms with Crippen LogP contribution in [-0.4, -0.2) is 14.5 Å². The van der Waals surface area contributed by atoms with E-state index in [0.29, 0.717) is 11.1 Å². The molecule has 0 aliphatic rings. The molecule has 0 aromatic carbocycles. The average Bonchev–Trinajstić information content (AvgIpc) is 2.47. The molecule has 2 aromatic rings. The van der Waals surface area contributed by atoms with Gasteiger partial charge in [0.1, 0.15) is 5.52 Å². The minimum atomic E-state index is 0.352. The van der Waals surface area contributed by atoms with Crippen molar-refractivity contribution in [2.24, 2.45) is 0 Å². The molecular formula is C10H12ClN3. The van der Waals surface area contributed by atoms with E-state index in [2.05, 4.69) is 23.8 Å². The Labute approximate surface area is 87.7 Å². The quantitative estimate of drug-likeness (QED) is 0.723. The molecule has 0 aliphatic heterocycles. The van der Waals surface area contributed by atoms with Gasteiger partial charge in [-0.15, -0.1) is 0 Å². The van der Waals surface area contributed by atoms with Crippen molar-refractivity contribution in [3.05, 3.63) is 23.1 Å². The highest BCUT2D eigenvalue weighted by atomic mass is 35.5. The summed E-state index contributed by atoms with van der Waals surface area (Å²) in [6.07, 6.45) is 1.79. The van der Waals surface area contributed by atoms with Crippen molar-refractivity contribution < 1.29 is 0 Å². The summed E-state index contributed by atoms with van der Waals surface area (Å²) in [5.41, 5.74) is 2.57. The predicted molar refractivity (Wildman–Crippen MR) is 57.7 cm³/mol. The Morgan fingerprint density at radius 1 is 1.43 bits per heavy atom. The zero-order valence-corrected chi connectivity index (χ0v) is 9.21. The third kappa shape index (κ3) is 1.38. The van der Waals surface area contributed by atoms with Crippen molar-refractivity contribution in [1.82, 2.24) is 14.5 Å². The molecule has 3 nitrogen and oxygen atoms in total. The minimum absolute atomic E-state index is 0.352. The first-order valence-electron chi connectivity index (χ1n) is 4.59. The third-order valence-corrected chi connectivity index (χ3v) is 2.46. The van der Waals surface area contributed by atoms with Crippen LogP contribution in [0.4, 0.5) is 0 Å². The molecule has 0 saturated heterocycles. The topological polar surface area (TPSA) is 30.7 Å². The summed E-state index contributed by atoms with van der Waals surface area (Å²) in [5, 5.41) is 0.673. The van der Waals surface area contributed by atoms with Crippen LogP contribution >= 0.6 is 11.6 Å². The zero-order valence-electron chi connectivity index (χ0n) is 8.45. The standard InChI is InChI=1S/C10H12ClN3/c1-6(2)14-5-12-9-8(11)4-7(3)13-10(9)14/h4-6H,1-3H3. The van der Waals surface area contributed by atoms with Gasteiger partial charge >= 0.3 is 0 Å². The van der Waals surface area contributed by atoms with Crippen LogP contribution in [-0.2, 0) is 0 Å². The number of halogens is 1. The molecule has 0 unspecified atom stereocenters. The van der Waals surface area contributed by atoms with Gasteiger partial charge in [-0.1, -0.05) is 11.6 Å². The molecule has 4 heteroatoms. The van der Waals surface area contributed by atoms with Crippen LogP contribution in [0.25, 0.3) is 11.2 Å². The van der Waals surface area contributed by atoms with E-state index in [-0.39, 0.29) is 0 Å². The largest absolute Gasteiger partial charge is 0.313 e. The third-order valence-electron chi connectivity index (χ3n) is 2.17. The fourth-order valence-corrected chi connectivity index (χ4v) is 1.75. The maximum absolute atomic E-state index is 6.06. The Kier molecular flexibility index (Phi) is 2.19. The first kappa shape index (κ1) is 9.46. The summed E-state index contributed by atoms with van der Waals surface area (Å²) < 4.78 is 2.02. The highest BCUT2D eigenvalue weighted by molar-refractivity contribution is 6.34. The molecule has 0 bridgehead atoms. The van der Waals surface area contributed by atoms with Crippen LogP contribution in [0.1, 0.15) is 25.6 Å². The van der Waals surface area contributed by atoms with Gasteiger partial charge in [-0.05, 0) is 26.8 Å². The van der Waals surface area contributed by atoms with Crippen molar-refractivity contribution in [3.8, 4) is 0 Å². The van der Waals surface area contributed by atoms with Gasteiger partial charge in [0.15, 0.2) is 5.65 Å². The number of nitrogens with zero attached hydrogens (tertiary/aromatic N) is 3. The Morgan fingerprint density at radius 3 is 2.79 bits per heavy atom. The Bertz CT molecular complexity index is 473. The summed E-state index contributed by atoms with van der Waals surface area (Å²) in [7, 11) is 0. The molecule has 0 atom stereocenters. The van der Waals surface area contributed by atoms with E-state index in [1.807, 2.05) is 17.6 Å². The van der Waals surface area contributed by atoms with Gasteiger partial charge in [-0.25, -0.2) is 9.97 Å². The van der Waals surface area contributed by atoms with Crippen LogP contribution < -0.4 is 0 Å². The zero-order chi connectivity index (χ0) is 10.3. The van der Waals surface area contributed by atoms with Gasteiger partial charge in [-0.2, -0.15) is 0 Å². The van der Waals surface area contributed by atoms with Crippen LogP contribution in [0.5, 0.6) is 0 Å². The van der Waals surface area contributed by atoms with E-state index in [4.69, 9.17) is 11.6 Å². The molecule has 0 amide bonds. The summed E-state index contributed by atoms with van der Waals surface area (Å²) in [4.78, 5) is 8.68. The van der Waals surface area contributed by atoms with E-state index in [0.717, 1.165) is 16.9 Å². The summed E-state index contributed by atoms with van der Waals surface area (Å²) in [6.45, 7) is 6.13. The molecule has 0 aliphatic carbocycles. The van der Waals surface area contributed by atoms with Crippen molar-refractivity contribution in [2.75, 3.05) is 0 Å². The number of fused-ring (bicyclic) bond motifs is 1. The number of hydrogen-bond acceptors (Lipinski definition) is 2. The monoisotopic (exact) mass is 209 g/mol. The second-order valence-corrected chi connectivity index (χ2v) is 4.07. The highest BCUT2D eigenvalue weighted by Gasteiger charge is 2.10. The first-order valence-corrected chi connectivity index (χ1v) is 4.97. The molecular weight excluding hydrogens is 198 g/mol. The van der Waals surface area contributed by atoms with E-state index < -0.39 is 0 Å². The van der Waals surface area contributed by atoms with Gasteiger partial charge in [0.05, 0.1) is 11.3 Å². The molecule has 74 valence electrons. The van der Waals surface area contributed by atoms with Crippen LogP contribution in [0, 0.1) is 6.92 Å². The lowest BCUT2D eigenvalue weighted by atomic mass is 10.3. The lowest BCUT2D eigenvalue weighted by Crippen LogP contribution is -2.00. The first-order chi connectivity index (χ1) is 6.59. The Morgan fingerprint density at radius 2 is 2.14 bits per heavy atom.